The number of hydrogen-bond acceptors (Lipinski definition) is 7. The molecule has 1 aliphatic heterocycles. The van der Waals surface area contributed by atoms with Crippen molar-refractivity contribution in [1.29, 1.82) is 0 Å². The zero-order valence-electron chi connectivity index (χ0n) is 14.5. The molecule has 26 heavy (non-hydrogen) atoms. The van der Waals surface area contributed by atoms with Gasteiger partial charge < -0.3 is 10.2 Å². The van der Waals surface area contributed by atoms with Gasteiger partial charge in [-0.05, 0) is 18.2 Å². The van der Waals surface area contributed by atoms with Crippen molar-refractivity contribution in [3.63, 3.8) is 0 Å². The first-order valence-electron chi connectivity index (χ1n) is 8.27. The Labute approximate surface area is 152 Å². The smallest absolute Gasteiger partial charge is 0.238 e. The van der Waals surface area contributed by atoms with E-state index < -0.39 is 9.84 Å². The molecule has 1 aliphatic rings. The maximum Gasteiger partial charge on any atom is 0.238 e. The fourth-order valence-electron chi connectivity index (χ4n) is 2.85. The van der Waals surface area contributed by atoms with Crippen LogP contribution in [-0.4, -0.2) is 68.2 Å². The van der Waals surface area contributed by atoms with E-state index in [4.69, 9.17) is 0 Å². The number of amides is 1. The number of piperazine rings is 1. The fourth-order valence-corrected chi connectivity index (χ4v) is 3.69. The summed E-state index contributed by atoms with van der Waals surface area (Å²) in [5.74, 6) is 0.462. The Bertz CT molecular complexity index is 865. The lowest BCUT2D eigenvalue weighted by molar-refractivity contribution is -0.117. The molecular formula is C17H21N5O3S. The second-order valence-corrected chi connectivity index (χ2v) is 8.11. The Balaban J connectivity index is 1.56. The van der Waals surface area contributed by atoms with Gasteiger partial charge in [0.25, 0.3) is 0 Å². The highest BCUT2D eigenvalue weighted by Gasteiger charge is 2.21. The third kappa shape index (κ3) is 4.55. The van der Waals surface area contributed by atoms with E-state index >= 15 is 0 Å². The quantitative estimate of drug-likeness (QED) is 0.819. The molecule has 2 aromatic rings. The van der Waals surface area contributed by atoms with Gasteiger partial charge in [0.2, 0.25) is 11.9 Å². The topological polar surface area (TPSA) is 95.5 Å². The van der Waals surface area contributed by atoms with E-state index in [2.05, 4.69) is 20.2 Å². The Hall–Kier alpha value is -2.52. The molecule has 0 aliphatic carbocycles. The fraction of sp³-hybridized carbons (Fsp3) is 0.353. The van der Waals surface area contributed by atoms with Crippen molar-refractivity contribution in [3.8, 4) is 0 Å². The van der Waals surface area contributed by atoms with Gasteiger partial charge in [0.1, 0.15) is 0 Å². The number of hydrogen-bond donors (Lipinski definition) is 1. The molecule has 0 unspecified atom stereocenters. The predicted octanol–water partition coefficient (Wildman–Crippen LogP) is 0.641. The molecule has 2 heterocycles. The summed E-state index contributed by atoms with van der Waals surface area (Å²) < 4.78 is 23.6. The van der Waals surface area contributed by atoms with Crippen LogP contribution in [0.5, 0.6) is 0 Å². The number of aromatic nitrogens is 2. The normalized spacial score (nSPS) is 15.7. The molecule has 0 atom stereocenters. The molecule has 138 valence electrons. The molecule has 1 amide bonds. The minimum atomic E-state index is -3.40. The van der Waals surface area contributed by atoms with Crippen LogP contribution in [0.3, 0.4) is 0 Å². The van der Waals surface area contributed by atoms with E-state index in [1.807, 2.05) is 4.90 Å². The molecule has 9 heteroatoms. The summed E-state index contributed by atoms with van der Waals surface area (Å²) in [7, 11) is -3.40. The van der Waals surface area contributed by atoms with Crippen LogP contribution in [0.15, 0.2) is 47.6 Å². The number of benzene rings is 1. The molecule has 0 bridgehead atoms. The van der Waals surface area contributed by atoms with Crippen LogP contribution in [0.2, 0.25) is 0 Å². The Kier molecular flexibility index (Phi) is 5.48. The van der Waals surface area contributed by atoms with Gasteiger partial charge in [0, 0.05) is 44.8 Å². The summed E-state index contributed by atoms with van der Waals surface area (Å²) in [6, 6.07) is 8.20. The number of rotatable bonds is 5. The standard InChI is InChI=1S/C17H21N5O3S/c1-26(24,25)15-6-3-2-5-14(15)20-16(23)13-21-9-11-22(12-10-21)17-18-7-4-8-19-17/h2-8H,9-13H2,1H3,(H,20,23). The third-order valence-corrected chi connectivity index (χ3v) is 5.29. The number of sulfone groups is 1. The highest BCUT2D eigenvalue weighted by Crippen LogP contribution is 2.20. The number of carbonyl (C=O) groups excluding carboxylic acids is 1. The maximum atomic E-state index is 12.3. The first kappa shape index (κ1) is 18.3. The van der Waals surface area contributed by atoms with Gasteiger partial charge in [-0.15, -0.1) is 0 Å². The lowest BCUT2D eigenvalue weighted by Gasteiger charge is -2.34. The SMILES string of the molecule is CS(=O)(=O)c1ccccc1NC(=O)CN1CCN(c2ncccn2)CC1. The van der Waals surface area contributed by atoms with E-state index in [0.29, 0.717) is 24.7 Å². The van der Waals surface area contributed by atoms with Gasteiger partial charge in [-0.25, -0.2) is 18.4 Å². The van der Waals surface area contributed by atoms with Crippen LogP contribution >= 0.6 is 0 Å². The third-order valence-electron chi connectivity index (χ3n) is 4.14. The molecule has 1 fully saturated rings. The Morgan fingerprint density at radius 3 is 2.38 bits per heavy atom. The second kappa shape index (κ2) is 7.79. The van der Waals surface area contributed by atoms with Crippen molar-refractivity contribution < 1.29 is 13.2 Å². The average molecular weight is 375 g/mol. The van der Waals surface area contributed by atoms with Gasteiger partial charge in [-0.1, -0.05) is 12.1 Å². The zero-order valence-corrected chi connectivity index (χ0v) is 15.3. The van der Waals surface area contributed by atoms with Crippen LogP contribution in [0.4, 0.5) is 11.6 Å². The van der Waals surface area contributed by atoms with Gasteiger partial charge in [0.15, 0.2) is 9.84 Å². The van der Waals surface area contributed by atoms with Crippen LogP contribution in [-0.2, 0) is 14.6 Å². The van der Waals surface area contributed by atoms with Gasteiger partial charge in [-0.2, -0.15) is 0 Å². The predicted molar refractivity (Wildman–Crippen MR) is 98.9 cm³/mol. The van der Waals surface area contributed by atoms with E-state index in [0.717, 1.165) is 19.3 Å². The molecule has 1 aromatic carbocycles. The molecule has 1 saturated heterocycles. The average Bonchev–Trinajstić information content (AvgIpc) is 2.62. The van der Waals surface area contributed by atoms with E-state index in [-0.39, 0.29) is 17.3 Å². The minimum absolute atomic E-state index is 0.124. The van der Waals surface area contributed by atoms with Crippen LogP contribution < -0.4 is 10.2 Å². The minimum Gasteiger partial charge on any atom is -0.338 e. The molecule has 1 N–H and O–H groups in total. The highest BCUT2D eigenvalue weighted by molar-refractivity contribution is 7.90. The summed E-state index contributed by atoms with van der Waals surface area (Å²) in [6.45, 7) is 3.09. The van der Waals surface area contributed by atoms with Gasteiger partial charge in [-0.3, -0.25) is 9.69 Å². The van der Waals surface area contributed by atoms with E-state index in [1.54, 1.807) is 36.7 Å². The largest absolute Gasteiger partial charge is 0.338 e. The van der Waals surface area contributed by atoms with Gasteiger partial charge >= 0.3 is 0 Å². The van der Waals surface area contributed by atoms with Crippen molar-refractivity contribution in [1.82, 2.24) is 14.9 Å². The zero-order chi connectivity index (χ0) is 18.6. The Morgan fingerprint density at radius 1 is 1.08 bits per heavy atom. The molecular weight excluding hydrogens is 354 g/mol. The van der Waals surface area contributed by atoms with Crippen LogP contribution in [0, 0.1) is 0 Å². The monoisotopic (exact) mass is 375 g/mol. The number of carbonyl (C=O) groups is 1. The number of nitrogens with zero attached hydrogens (tertiary/aromatic N) is 4. The first-order chi connectivity index (χ1) is 12.4. The molecule has 0 spiro atoms. The first-order valence-corrected chi connectivity index (χ1v) is 10.2. The molecule has 1 aromatic heterocycles. The van der Waals surface area contributed by atoms with E-state index in [9.17, 15) is 13.2 Å². The lowest BCUT2D eigenvalue weighted by atomic mass is 10.3. The molecule has 0 radical (unpaired) electrons. The van der Waals surface area contributed by atoms with Crippen molar-refractivity contribution in [2.45, 2.75) is 4.90 Å². The number of nitrogens with one attached hydrogen (secondary N) is 1. The van der Waals surface area contributed by atoms with Gasteiger partial charge in [0.05, 0.1) is 17.1 Å². The second-order valence-electron chi connectivity index (χ2n) is 6.13. The molecule has 0 saturated carbocycles. The van der Waals surface area contributed by atoms with E-state index in [1.165, 1.54) is 6.07 Å². The summed E-state index contributed by atoms with van der Waals surface area (Å²) >= 11 is 0. The van der Waals surface area contributed by atoms with Crippen molar-refractivity contribution in [2.75, 3.05) is 49.2 Å². The lowest BCUT2D eigenvalue weighted by Crippen LogP contribution is -2.49. The number of para-hydroxylation sites is 1. The van der Waals surface area contributed by atoms with Crippen LogP contribution in [0.1, 0.15) is 0 Å². The molecule has 3 rings (SSSR count). The summed E-state index contributed by atoms with van der Waals surface area (Å²) in [5, 5.41) is 2.71. The van der Waals surface area contributed by atoms with Crippen molar-refractivity contribution in [2.24, 2.45) is 0 Å². The summed E-state index contributed by atoms with van der Waals surface area (Å²) in [6.07, 6.45) is 4.55. The van der Waals surface area contributed by atoms with Crippen LogP contribution in [0.25, 0.3) is 0 Å². The Morgan fingerprint density at radius 2 is 1.73 bits per heavy atom. The highest BCUT2D eigenvalue weighted by atomic mass is 32.2. The van der Waals surface area contributed by atoms with Crippen molar-refractivity contribution >= 4 is 27.4 Å². The maximum absolute atomic E-state index is 12.3. The number of anilines is 2. The van der Waals surface area contributed by atoms with Crippen molar-refractivity contribution in [3.05, 3.63) is 42.7 Å². The summed E-state index contributed by atoms with van der Waals surface area (Å²) in [4.78, 5) is 25.0. The molecule has 8 nitrogen and oxygen atoms in total. The summed E-state index contributed by atoms with van der Waals surface area (Å²) in [5.41, 5.74) is 0.316.